The summed E-state index contributed by atoms with van der Waals surface area (Å²) < 4.78 is 0. The zero-order valence-electron chi connectivity index (χ0n) is 11.9. The lowest BCUT2D eigenvalue weighted by Crippen LogP contribution is -2.41. The quantitative estimate of drug-likeness (QED) is 0.810. The van der Waals surface area contributed by atoms with Crippen molar-refractivity contribution >= 4 is 0 Å². The third-order valence-electron chi connectivity index (χ3n) is 4.99. The predicted molar refractivity (Wildman–Crippen MR) is 74.2 cm³/mol. The van der Waals surface area contributed by atoms with Crippen molar-refractivity contribution in [3.05, 3.63) is 0 Å². The van der Waals surface area contributed by atoms with E-state index in [9.17, 15) is 0 Å². The minimum absolute atomic E-state index is 0.768. The van der Waals surface area contributed by atoms with Crippen molar-refractivity contribution in [2.45, 2.75) is 65.0 Å². The molecule has 2 aliphatic rings. The van der Waals surface area contributed by atoms with Crippen LogP contribution in [0.25, 0.3) is 0 Å². The van der Waals surface area contributed by atoms with Gasteiger partial charge in [0.25, 0.3) is 0 Å². The smallest absolute Gasteiger partial charge is 0.0207 e. The Morgan fingerprint density at radius 1 is 1.12 bits per heavy atom. The molecular formula is C15H30N2. The first-order chi connectivity index (χ1) is 8.20. The molecule has 1 heterocycles. The molecule has 0 radical (unpaired) electrons. The van der Waals surface area contributed by atoms with Crippen molar-refractivity contribution in [1.82, 2.24) is 10.2 Å². The summed E-state index contributed by atoms with van der Waals surface area (Å²) in [4.78, 5) is 2.76. The van der Waals surface area contributed by atoms with Crippen molar-refractivity contribution in [2.75, 3.05) is 19.6 Å². The number of hydrogen-bond acceptors (Lipinski definition) is 2. The van der Waals surface area contributed by atoms with E-state index < -0.39 is 0 Å². The maximum Gasteiger partial charge on any atom is 0.0207 e. The molecular weight excluding hydrogens is 208 g/mol. The van der Waals surface area contributed by atoms with Crippen molar-refractivity contribution in [2.24, 2.45) is 11.8 Å². The second kappa shape index (κ2) is 6.19. The molecule has 2 rings (SSSR count). The van der Waals surface area contributed by atoms with Crippen LogP contribution in [0.1, 0.15) is 52.9 Å². The van der Waals surface area contributed by atoms with Gasteiger partial charge in [0.15, 0.2) is 0 Å². The monoisotopic (exact) mass is 238 g/mol. The van der Waals surface area contributed by atoms with E-state index in [1.165, 1.54) is 51.7 Å². The fraction of sp³-hybridized carbons (Fsp3) is 1.00. The summed E-state index contributed by atoms with van der Waals surface area (Å²) in [5.74, 6) is 1.87. The van der Waals surface area contributed by atoms with Gasteiger partial charge in [-0.1, -0.05) is 20.8 Å². The molecule has 1 aliphatic heterocycles. The van der Waals surface area contributed by atoms with Crippen molar-refractivity contribution < 1.29 is 0 Å². The molecule has 17 heavy (non-hydrogen) atoms. The molecule has 1 saturated heterocycles. The first-order valence-electron chi connectivity index (χ1n) is 7.68. The van der Waals surface area contributed by atoms with Gasteiger partial charge in [-0.2, -0.15) is 0 Å². The van der Waals surface area contributed by atoms with Crippen LogP contribution in [0, 0.1) is 11.8 Å². The van der Waals surface area contributed by atoms with Crippen LogP contribution in [0.15, 0.2) is 0 Å². The molecule has 0 bridgehead atoms. The fourth-order valence-corrected chi connectivity index (χ4v) is 3.48. The van der Waals surface area contributed by atoms with Gasteiger partial charge in [-0.25, -0.2) is 0 Å². The van der Waals surface area contributed by atoms with E-state index in [0.29, 0.717) is 0 Å². The van der Waals surface area contributed by atoms with Gasteiger partial charge in [0.05, 0.1) is 0 Å². The van der Waals surface area contributed by atoms with Crippen LogP contribution in [0.2, 0.25) is 0 Å². The Morgan fingerprint density at radius 2 is 1.94 bits per heavy atom. The molecule has 2 heteroatoms. The lowest BCUT2D eigenvalue weighted by Gasteiger charge is -2.37. The number of rotatable bonds is 4. The summed E-state index contributed by atoms with van der Waals surface area (Å²) >= 11 is 0. The molecule has 2 fully saturated rings. The highest BCUT2D eigenvalue weighted by Gasteiger charge is 2.32. The standard InChI is InChI=1S/C15H30N2/c1-4-8-16-14-7-9-17(11-14)15-6-5-12(2)13(3)10-15/h12-16H,4-11H2,1-3H3. The third-order valence-corrected chi connectivity index (χ3v) is 4.99. The highest BCUT2D eigenvalue weighted by atomic mass is 15.2. The van der Waals surface area contributed by atoms with Crippen LogP contribution < -0.4 is 5.32 Å². The van der Waals surface area contributed by atoms with Gasteiger partial charge < -0.3 is 5.32 Å². The molecule has 1 saturated carbocycles. The normalized spacial score (nSPS) is 39.7. The zero-order chi connectivity index (χ0) is 12.3. The zero-order valence-corrected chi connectivity index (χ0v) is 11.9. The summed E-state index contributed by atoms with van der Waals surface area (Å²) in [6.07, 6.45) is 6.93. The van der Waals surface area contributed by atoms with Gasteiger partial charge >= 0.3 is 0 Å². The second-order valence-electron chi connectivity index (χ2n) is 6.36. The first-order valence-corrected chi connectivity index (χ1v) is 7.68. The van der Waals surface area contributed by atoms with Gasteiger partial charge in [0.2, 0.25) is 0 Å². The average molecular weight is 238 g/mol. The molecule has 0 aromatic heterocycles. The van der Waals surface area contributed by atoms with E-state index in [2.05, 4.69) is 31.0 Å². The van der Waals surface area contributed by atoms with Crippen LogP contribution in [-0.4, -0.2) is 36.6 Å². The Morgan fingerprint density at radius 3 is 2.65 bits per heavy atom. The third kappa shape index (κ3) is 3.45. The van der Waals surface area contributed by atoms with Gasteiger partial charge in [-0.15, -0.1) is 0 Å². The summed E-state index contributed by atoms with van der Waals surface area (Å²) in [6.45, 7) is 10.9. The average Bonchev–Trinajstić information content (AvgIpc) is 2.79. The second-order valence-corrected chi connectivity index (χ2v) is 6.36. The van der Waals surface area contributed by atoms with Crippen molar-refractivity contribution in [1.29, 1.82) is 0 Å². The number of likely N-dealkylation sites (tertiary alicyclic amines) is 1. The molecule has 100 valence electrons. The Bertz CT molecular complexity index is 229. The molecule has 0 aromatic rings. The molecule has 0 amide bonds. The van der Waals surface area contributed by atoms with E-state index in [-0.39, 0.29) is 0 Å². The van der Waals surface area contributed by atoms with E-state index in [0.717, 1.165) is 23.9 Å². The van der Waals surface area contributed by atoms with Gasteiger partial charge in [0, 0.05) is 25.2 Å². The highest BCUT2D eigenvalue weighted by molar-refractivity contribution is 4.88. The summed E-state index contributed by atoms with van der Waals surface area (Å²) in [5, 5.41) is 3.68. The van der Waals surface area contributed by atoms with Crippen LogP contribution in [-0.2, 0) is 0 Å². The highest BCUT2D eigenvalue weighted by Crippen LogP contribution is 2.33. The number of nitrogens with one attached hydrogen (secondary N) is 1. The van der Waals surface area contributed by atoms with Crippen molar-refractivity contribution in [3.63, 3.8) is 0 Å². The molecule has 2 nitrogen and oxygen atoms in total. The van der Waals surface area contributed by atoms with E-state index >= 15 is 0 Å². The topological polar surface area (TPSA) is 15.3 Å². The number of hydrogen-bond donors (Lipinski definition) is 1. The molecule has 1 N–H and O–H groups in total. The van der Waals surface area contributed by atoms with Crippen LogP contribution in [0.3, 0.4) is 0 Å². The van der Waals surface area contributed by atoms with Crippen LogP contribution in [0.5, 0.6) is 0 Å². The van der Waals surface area contributed by atoms with Gasteiger partial charge in [-0.3, -0.25) is 4.90 Å². The molecule has 4 atom stereocenters. The Hall–Kier alpha value is -0.0800. The Labute approximate surface area is 107 Å². The molecule has 1 aliphatic carbocycles. The summed E-state index contributed by atoms with van der Waals surface area (Å²) in [5.41, 5.74) is 0. The molecule has 0 aromatic carbocycles. The van der Waals surface area contributed by atoms with Crippen molar-refractivity contribution in [3.8, 4) is 0 Å². The maximum absolute atomic E-state index is 3.68. The SMILES string of the molecule is CCCNC1CCN(C2CCC(C)C(C)C2)C1. The predicted octanol–water partition coefficient (Wildman–Crippen LogP) is 2.89. The Balaban J connectivity index is 1.76. The molecule has 4 unspecified atom stereocenters. The van der Waals surface area contributed by atoms with Crippen LogP contribution >= 0.6 is 0 Å². The maximum atomic E-state index is 3.68. The van der Waals surface area contributed by atoms with Gasteiger partial charge in [-0.05, 0) is 50.5 Å². The Kier molecular flexibility index (Phi) is 4.87. The summed E-state index contributed by atoms with van der Waals surface area (Å²) in [7, 11) is 0. The fourth-order valence-electron chi connectivity index (χ4n) is 3.48. The van der Waals surface area contributed by atoms with E-state index in [4.69, 9.17) is 0 Å². The minimum Gasteiger partial charge on any atom is -0.313 e. The van der Waals surface area contributed by atoms with E-state index in [1.807, 2.05) is 0 Å². The number of nitrogens with zero attached hydrogens (tertiary/aromatic N) is 1. The summed E-state index contributed by atoms with van der Waals surface area (Å²) in [6, 6.07) is 1.65. The van der Waals surface area contributed by atoms with E-state index in [1.54, 1.807) is 0 Å². The largest absolute Gasteiger partial charge is 0.313 e. The minimum atomic E-state index is 0.768. The lowest BCUT2D eigenvalue weighted by atomic mass is 9.78. The first kappa shape index (κ1) is 13.4. The lowest BCUT2D eigenvalue weighted by molar-refractivity contribution is 0.128. The van der Waals surface area contributed by atoms with Gasteiger partial charge in [0.1, 0.15) is 0 Å². The van der Waals surface area contributed by atoms with Crippen LogP contribution in [0.4, 0.5) is 0 Å². The molecule has 0 spiro atoms.